The Balaban J connectivity index is 0.000000807. The summed E-state index contributed by atoms with van der Waals surface area (Å²) in [6.45, 7) is 9.90. The van der Waals surface area contributed by atoms with Crippen molar-refractivity contribution in [1.29, 1.82) is 0 Å². The zero-order chi connectivity index (χ0) is 22.8. The first-order valence-corrected chi connectivity index (χ1v) is 10.9. The van der Waals surface area contributed by atoms with Gasteiger partial charge in [0.2, 0.25) is 0 Å². The molecule has 0 fully saturated rings. The van der Waals surface area contributed by atoms with Crippen LogP contribution in [0.25, 0.3) is 0 Å². The summed E-state index contributed by atoms with van der Waals surface area (Å²) >= 11 is 0. The number of carbonyl (C=O) groups is 2. The molecule has 162 valence electrons. The van der Waals surface area contributed by atoms with E-state index in [1.54, 1.807) is 35.2 Å². The predicted octanol–water partition coefficient (Wildman–Crippen LogP) is 7.15. The number of hydrogen-bond donors (Lipinski definition) is 0. The van der Waals surface area contributed by atoms with Crippen LogP contribution in [-0.4, -0.2) is 17.7 Å². The molecular formula is C27H31NO3. The molecule has 0 aliphatic carbocycles. The van der Waals surface area contributed by atoms with E-state index in [4.69, 9.17) is 4.74 Å². The van der Waals surface area contributed by atoms with Gasteiger partial charge in [0.15, 0.2) is 5.78 Å². The van der Waals surface area contributed by atoms with Gasteiger partial charge in [0, 0.05) is 23.6 Å². The van der Waals surface area contributed by atoms with Crippen molar-refractivity contribution in [3.63, 3.8) is 0 Å². The van der Waals surface area contributed by atoms with Gasteiger partial charge < -0.3 is 9.64 Å². The molecule has 4 nitrogen and oxygen atoms in total. The average molecular weight is 418 g/mol. The zero-order valence-electron chi connectivity index (χ0n) is 19.0. The number of rotatable bonds is 3. The van der Waals surface area contributed by atoms with Gasteiger partial charge in [-0.05, 0) is 55.5 Å². The summed E-state index contributed by atoms with van der Waals surface area (Å²) in [7, 11) is 0. The molecule has 1 atom stereocenters. The summed E-state index contributed by atoms with van der Waals surface area (Å²) < 4.78 is 5.78. The number of nitrogens with zero attached hydrogens (tertiary/aromatic N) is 1. The Labute approximate surface area is 185 Å². The number of carbonyl (C=O) groups excluding carboxylic acids is 2. The van der Waals surface area contributed by atoms with E-state index in [1.165, 1.54) is 0 Å². The number of ether oxygens (including phenoxy) is 1. The zero-order valence-corrected chi connectivity index (χ0v) is 19.0. The van der Waals surface area contributed by atoms with Gasteiger partial charge in [-0.1, -0.05) is 58.0 Å². The summed E-state index contributed by atoms with van der Waals surface area (Å²) in [5.41, 5.74) is 1.84. The third kappa shape index (κ3) is 5.60. The van der Waals surface area contributed by atoms with Gasteiger partial charge in [-0.3, -0.25) is 9.59 Å². The van der Waals surface area contributed by atoms with Gasteiger partial charge in [0.25, 0.3) is 5.91 Å². The first-order valence-electron chi connectivity index (χ1n) is 10.9. The van der Waals surface area contributed by atoms with Gasteiger partial charge >= 0.3 is 0 Å². The van der Waals surface area contributed by atoms with Crippen LogP contribution in [0.2, 0.25) is 0 Å². The predicted molar refractivity (Wildman–Crippen MR) is 127 cm³/mol. The van der Waals surface area contributed by atoms with E-state index in [-0.39, 0.29) is 17.7 Å². The first-order chi connectivity index (χ1) is 15.1. The molecule has 31 heavy (non-hydrogen) atoms. The van der Waals surface area contributed by atoms with Crippen LogP contribution in [0.1, 0.15) is 61.8 Å². The second-order valence-electron chi connectivity index (χ2n) is 6.61. The SMILES string of the molecule is CC.CC.CC1CC(=O)c2ccccc2N1C(=O)c1ccc(Oc2ccccc2)cc1. The molecule has 0 radical (unpaired) electrons. The topological polar surface area (TPSA) is 46.6 Å². The number of ketones is 1. The van der Waals surface area contributed by atoms with Crippen LogP contribution < -0.4 is 9.64 Å². The van der Waals surface area contributed by atoms with Crippen LogP contribution in [0.15, 0.2) is 78.9 Å². The summed E-state index contributed by atoms with van der Waals surface area (Å²) in [5.74, 6) is 1.37. The lowest BCUT2D eigenvalue weighted by Crippen LogP contribution is -2.43. The number of fused-ring (bicyclic) bond motifs is 1. The van der Waals surface area contributed by atoms with Crippen LogP contribution in [-0.2, 0) is 0 Å². The summed E-state index contributed by atoms with van der Waals surface area (Å²) in [6.07, 6.45) is 0.331. The fraction of sp³-hybridized carbons (Fsp3) is 0.259. The lowest BCUT2D eigenvalue weighted by molar-refractivity contribution is 0.0936. The largest absolute Gasteiger partial charge is 0.457 e. The molecule has 1 heterocycles. The minimum Gasteiger partial charge on any atom is -0.457 e. The van der Waals surface area contributed by atoms with Crippen molar-refractivity contribution in [2.45, 2.75) is 47.1 Å². The van der Waals surface area contributed by atoms with E-state index in [1.807, 2.05) is 83.1 Å². The van der Waals surface area contributed by atoms with Crippen molar-refractivity contribution in [3.8, 4) is 11.5 Å². The maximum absolute atomic E-state index is 13.1. The second kappa shape index (κ2) is 11.7. The number of para-hydroxylation sites is 2. The fourth-order valence-corrected chi connectivity index (χ4v) is 3.37. The van der Waals surface area contributed by atoms with Gasteiger partial charge in [-0.15, -0.1) is 0 Å². The van der Waals surface area contributed by atoms with E-state index >= 15 is 0 Å². The maximum Gasteiger partial charge on any atom is 0.258 e. The highest BCUT2D eigenvalue weighted by Crippen LogP contribution is 2.32. The Kier molecular flexibility index (Phi) is 9.01. The molecule has 1 aliphatic heterocycles. The Morgan fingerprint density at radius 1 is 0.806 bits per heavy atom. The Morgan fingerprint density at radius 3 is 2.00 bits per heavy atom. The highest BCUT2D eigenvalue weighted by Gasteiger charge is 2.32. The molecule has 1 amide bonds. The molecule has 0 saturated heterocycles. The van der Waals surface area contributed by atoms with Crippen LogP contribution in [0.5, 0.6) is 11.5 Å². The number of amides is 1. The molecule has 0 N–H and O–H groups in total. The molecule has 1 aliphatic rings. The molecule has 0 spiro atoms. The fourth-order valence-electron chi connectivity index (χ4n) is 3.37. The second-order valence-corrected chi connectivity index (χ2v) is 6.61. The van der Waals surface area contributed by atoms with Gasteiger partial charge in [-0.2, -0.15) is 0 Å². The summed E-state index contributed by atoms with van der Waals surface area (Å²) in [6, 6.07) is 23.7. The molecule has 0 aromatic heterocycles. The standard InChI is InChI=1S/C23H19NO3.2C2H6/c1-16-15-22(25)20-9-5-6-10-21(20)24(16)23(26)17-11-13-19(14-12-17)27-18-7-3-2-4-8-18;2*1-2/h2-14,16H,15H2,1H3;2*1-2H3. The lowest BCUT2D eigenvalue weighted by atomic mass is 9.94. The molecule has 3 aromatic carbocycles. The summed E-state index contributed by atoms with van der Waals surface area (Å²) in [5, 5.41) is 0. The van der Waals surface area contributed by atoms with Crippen molar-refractivity contribution < 1.29 is 14.3 Å². The van der Waals surface area contributed by atoms with Gasteiger partial charge in [0.1, 0.15) is 11.5 Å². The van der Waals surface area contributed by atoms with Gasteiger partial charge in [-0.25, -0.2) is 0 Å². The molecule has 0 saturated carbocycles. The smallest absolute Gasteiger partial charge is 0.258 e. The number of benzene rings is 3. The third-order valence-corrected chi connectivity index (χ3v) is 4.68. The maximum atomic E-state index is 13.1. The van der Waals surface area contributed by atoms with Crippen LogP contribution in [0.3, 0.4) is 0 Å². The molecular weight excluding hydrogens is 386 g/mol. The Morgan fingerprint density at radius 2 is 1.35 bits per heavy atom. The lowest BCUT2D eigenvalue weighted by Gasteiger charge is -2.34. The minimum atomic E-state index is -0.180. The van der Waals surface area contributed by atoms with E-state index in [0.717, 1.165) is 5.75 Å². The normalized spacial score (nSPS) is 14.3. The summed E-state index contributed by atoms with van der Waals surface area (Å²) in [4.78, 5) is 27.1. The highest BCUT2D eigenvalue weighted by molar-refractivity contribution is 6.13. The van der Waals surface area contributed by atoms with Crippen LogP contribution >= 0.6 is 0 Å². The van der Waals surface area contributed by atoms with Crippen molar-refractivity contribution in [1.82, 2.24) is 0 Å². The third-order valence-electron chi connectivity index (χ3n) is 4.68. The van der Waals surface area contributed by atoms with E-state index in [9.17, 15) is 9.59 Å². The molecule has 4 rings (SSSR count). The van der Waals surface area contributed by atoms with Crippen molar-refractivity contribution in [3.05, 3.63) is 90.0 Å². The van der Waals surface area contributed by atoms with E-state index < -0.39 is 0 Å². The monoisotopic (exact) mass is 417 g/mol. The molecule has 3 aromatic rings. The quantitative estimate of drug-likeness (QED) is 0.454. The number of hydrogen-bond acceptors (Lipinski definition) is 3. The van der Waals surface area contributed by atoms with E-state index in [0.29, 0.717) is 29.0 Å². The van der Waals surface area contributed by atoms with Crippen molar-refractivity contribution >= 4 is 17.4 Å². The molecule has 1 unspecified atom stereocenters. The highest BCUT2D eigenvalue weighted by atomic mass is 16.5. The van der Waals surface area contributed by atoms with Crippen molar-refractivity contribution in [2.24, 2.45) is 0 Å². The molecule has 4 heteroatoms. The van der Waals surface area contributed by atoms with Gasteiger partial charge in [0.05, 0.1) is 5.69 Å². The minimum absolute atomic E-state index is 0.0776. The van der Waals surface area contributed by atoms with Crippen LogP contribution in [0.4, 0.5) is 5.69 Å². The van der Waals surface area contributed by atoms with E-state index in [2.05, 4.69) is 0 Å². The molecule has 0 bridgehead atoms. The van der Waals surface area contributed by atoms with Crippen molar-refractivity contribution in [2.75, 3.05) is 4.90 Å². The average Bonchev–Trinajstić information content (AvgIpc) is 2.83. The van der Waals surface area contributed by atoms with Crippen LogP contribution in [0, 0.1) is 0 Å². The first kappa shape index (κ1) is 23.9. The number of Topliss-reactive ketones (excluding diaryl/α,β-unsaturated/α-hetero) is 1. The Bertz CT molecular complexity index is 981. The Hall–Kier alpha value is -3.40. The number of anilines is 1.